The van der Waals surface area contributed by atoms with Crippen LogP contribution in [-0.4, -0.2) is 36.6 Å². The van der Waals surface area contributed by atoms with Gasteiger partial charge < -0.3 is 14.6 Å². The Labute approximate surface area is 73.7 Å². The van der Waals surface area contributed by atoms with Crippen LogP contribution in [0.15, 0.2) is 0 Å². The number of hydrogen-bond acceptors (Lipinski definition) is 3. The molecule has 3 heteroatoms. The molecule has 1 aliphatic heterocycles. The van der Waals surface area contributed by atoms with Crippen molar-refractivity contribution in [1.82, 2.24) is 0 Å². The van der Waals surface area contributed by atoms with Crippen LogP contribution in [0.25, 0.3) is 0 Å². The summed E-state index contributed by atoms with van der Waals surface area (Å²) in [6.45, 7) is 5.66. The lowest BCUT2D eigenvalue weighted by Gasteiger charge is -2.28. The molecular formula is C9H18O3. The standard InChI is InChI=1S/C9H18O3/c1-3-11-7-8(10)9(2)5-4-6-12-9/h8,10H,3-7H2,1-2H3. The molecule has 0 aromatic heterocycles. The van der Waals surface area contributed by atoms with Gasteiger partial charge in [-0.3, -0.25) is 0 Å². The topological polar surface area (TPSA) is 38.7 Å². The van der Waals surface area contributed by atoms with Crippen LogP contribution in [0, 0.1) is 0 Å². The van der Waals surface area contributed by atoms with Crippen molar-refractivity contribution in [1.29, 1.82) is 0 Å². The maximum atomic E-state index is 9.69. The molecule has 2 unspecified atom stereocenters. The summed E-state index contributed by atoms with van der Waals surface area (Å²) < 4.78 is 10.6. The molecule has 1 rings (SSSR count). The Hall–Kier alpha value is -0.120. The monoisotopic (exact) mass is 174 g/mol. The van der Waals surface area contributed by atoms with E-state index in [9.17, 15) is 5.11 Å². The van der Waals surface area contributed by atoms with E-state index in [1.54, 1.807) is 0 Å². The van der Waals surface area contributed by atoms with Crippen LogP contribution in [-0.2, 0) is 9.47 Å². The Kier molecular flexibility index (Phi) is 3.50. The minimum Gasteiger partial charge on any atom is -0.388 e. The molecule has 1 aliphatic rings. The van der Waals surface area contributed by atoms with E-state index in [0.717, 1.165) is 19.4 Å². The molecule has 1 fully saturated rings. The number of aliphatic hydroxyl groups excluding tert-OH is 1. The summed E-state index contributed by atoms with van der Waals surface area (Å²) in [6.07, 6.45) is 1.49. The second-order valence-corrected chi connectivity index (χ2v) is 3.44. The fraction of sp³-hybridized carbons (Fsp3) is 1.00. The molecule has 0 aromatic carbocycles. The quantitative estimate of drug-likeness (QED) is 0.689. The Morgan fingerprint density at radius 3 is 2.92 bits per heavy atom. The van der Waals surface area contributed by atoms with Crippen molar-refractivity contribution >= 4 is 0 Å². The molecule has 72 valence electrons. The van der Waals surface area contributed by atoms with Crippen LogP contribution < -0.4 is 0 Å². The van der Waals surface area contributed by atoms with Gasteiger partial charge in [-0.15, -0.1) is 0 Å². The maximum absolute atomic E-state index is 9.69. The van der Waals surface area contributed by atoms with E-state index in [1.165, 1.54) is 0 Å². The summed E-state index contributed by atoms with van der Waals surface area (Å²) in [7, 11) is 0. The van der Waals surface area contributed by atoms with Gasteiger partial charge in [0.2, 0.25) is 0 Å². The summed E-state index contributed by atoms with van der Waals surface area (Å²) in [6, 6.07) is 0. The average Bonchev–Trinajstić information content (AvgIpc) is 2.49. The van der Waals surface area contributed by atoms with Gasteiger partial charge in [0.25, 0.3) is 0 Å². The van der Waals surface area contributed by atoms with Crippen LogP contribution in [0.4, 0.5) is 0 Å². The minimum absolute atomic E-state index is 0.366. The molecule has 0 radical (unpaired) electrons. The molecule has 3 nitrogen and oxygen atoms in total. The molecule has 1 saturated heterocycles. The van der Waals surface area contributed by atoms with Crippen molar-refractivity contribution in [2.45, 2.75) is 38.4 Å². The first kappa shape index (κ1) is 9.96. The summed E-state index contributed by atoms with van der Waals surface area (Å²) in [5.41, 5.74) is -0.366. The molecule has 1 N–H and O–H groups in total. The van der Waals surface area contributed by atoms with Gasteiger partial charge in [0.15, 0.2) is 0 Å². The zero-order valence-electron chi connectivity index (χ0n) is 7.88. The van der Waals surface area contributed by atoms with Gasteiger partial charge in [0.1, 0.15) is 6.10 Å². The fourth-order valence-electron chi connectivity index (χ4n) is 1.47. The third-order valence-corrected chi connectivity index (χ3v) is 2.43. The Morgan fingerprint density at radius 2 is 2.42 bits per heavy atom. The van der Waals surface area contributed by atoms with Crippen molar-refractivity contribution in [2.75, 3.05) is 19.8 Å². The number of rotatable bonds is 4. The first-order valence-corrected chi connectivity index (χ1v) is 4.59. The summed E-state index contributed by atoms with van der Waals surface area (Å²) in [5, 5.41) is 9.69. The largest absolute Gasteiger partial charge is 0.388 e. The van der Waals surface area contributed by atoms with Gasteiger partial charge in [-0.1, -0.05) is 0 Å². The number of ether oxygens (including phenoxy) is 2. The van der Waals surface area contributed by atoms with Crippen LogP contribution in [0.3, 0.4) is 0 Å². The molecule has 0 aromatic rings. The Balaban J connectivity index is 2.33. The Bertz CT molecular complexity index is 130. The number of aliphatic hydroxyl groups is 1. The van der Waals surface area contributed by atoms with Crippen LogP contribution in [0.2, 0.25) is 0 Å². The van der Waals surface area contributed by atoms with E-state index < -0.39 is 6.10 Å². The lowest BCUT2D eigenvalue weighted by atomic mass is 9.96. The predicted octanol–water partition coefficient (Wildman–Crippen LogP) is 0.953. The van der Waals surface area contributed by atoms with E-state index in [-0.39, 0.29) is 5.60 Å². The molecule has 0 aliphatic carbocycles. The molecule has 1 heterocycles. The molecule has 0 saturated carbocycles. The smallest absolute Gasteiger partial charge is 0.106 e. The van der Waals surface area contributed by atoms with E-state index in [0.29, 0.717) is 13.2 Å². The van der Waals surface area contributed by atoms with Crippen LogP contribution in [0.1, 0.15) is 26.7 Å². The van der Waals surface area contributed by atoms with Gasteiger partial charge in [-0.05, 0) is 26.7 Å². The summed E-state index contributed by atoms with van der Waals surface area (Å²) >= 11 is 0. The molecule has 12 heavy (non-hydrogen) atoms. The van der Waals surface area contributed by atoms with E-state index >= 15 is 0 Å². The lowest BCUT2D eigenvalue weighted by molar-refractivity contribution is -0.105. The molecule has 0 amide bonds. The molecule has 2 atom stereocenters. The van der Waals surface area contributed by atoms with Crippen molar-refractivity contribution in [3.05, 3.63) is 0 Å². The third kappa shape index (κ3) is 2.19. The predicted molar refractivity (Wildman–Crippen MR) is 46.1 cm³/mol. The second-order valence-electron chi connectivity index (χ2n) is 3.44. The first-order chi connectivity index (χ1) is 5.69. The van der Waals surface area contributed by atoms with Gasteiger partial charge in [-0.2, -0.15) is 0 Å². The van der Waals surface area contributed by atoms with E-state index in [2.05, 4.69) is 0 Å². The third-order valence-electron chi connectivity index (χ3n) is 2.43. The minimum atomic E-state index is -0.486. The SMILES string of the molecule is CCOCC(O)C1(C)CCCO1. The summed E-state index contributed by atoms with van der Waals surface area (Å²) in [4.78, 5) is 0. The fourth-order valence-corrected chi connectivity index (χ4v) is 1.47. The van der Waals surface area contributed by atoms with Crippen molar-refractivity contribution in [3.63, 3.8) is 0 Å². The lowest BCUT2D eigenvalue weighted by Crippen LogP contribution is -2.41. The highest BCUT2D eigenvalue weighted by molar-refractivity contribution is 4.87. The van der Waals surface area contributed by atoms with Crippen molar-refractivity contribution in [2.24, 2.45) is 0 Å². The van der Waals surface area contributed by atoms with Gasteiger partial charge in [0.05, 0.1) is 12.2 Å². The maximum Gasteiger partial charge on any atom is 0.106 e. The summed E-state index contributed by atoms with van der Waals surface area (Å²) in [5.74, 6) is 0. The Morgan fingerprint density at radius 1 is 1.67 bits per heavy atom. The van der Waals surface area contributed by atoms with Crippen molar-refractivity contribution < 1.29 is 14.6 Å². The number of hydrogen-bond donors (Lipinski definition) is 1. The van der Waals surface area contributed by atoms with Gasteiger partial charge in [0, 0.05) is 13.2 Å². The highest BCUT2D eigenvalue weighted by Crippen LogP contribution is 2.28. The normalized spacial score (nSPS) is 32.2. The van der Waals surface area contributed by atoms with Crippen molar-refractivity contribution in [3.8, 4) is 0 Å². The first-order valence-electron chi connectivity index (χ1n) is 4.59. The van der Waals surface area contributed by atoms with E-state index in [4.69, 9.17) is 9.47 Å². The van der Waals surface area contributed by atoms with Crippen LogP contribution in [0.5, 0.6) is 0 Å². The highest BCUT2D eigenvalue weighted by atomic mass is 16.5. The van der Waals surface area contributed by atoms with Gasteiger partial charge >= 0.3 is 0 Å². The molecule has 0 spiro atoms. The van der Waals surface area contributed by atoms with Gasteiger partial charge in [-0.25, -0.2) is 0 Å². The molecule has 0 bridgehead atoms. The average molecular weight is 174 g/mol. The second kappa shape index (κ2) is 4.21. The highest BCUT2D eigenvalue weighted by Gasteiger charge is 2.37. The van der Waals surface area contributed by atoms with Crippen LogP contribution >= 0.6 is 0 Å². The zero-order valence-corrected chi connectivity index (χ0v) is 7.88. The van der Waals surface area contributed by atoms with E-state index in [1.807, 2.05) is 13.8 Å². The zero-order chi connectivity index (χ0) is 9.03. The molecular weight excluding hydrogens is 156 g/mol.